The van der Waals surface area contributed by atoms with Crippen LogP contribution in [0.15, 0.2) is 16.3 Å². The van der Waals surface area contributed by atoms with Gasteiger partial charge in [0.2, 0.25) is 10.0 Å². The molecule has 0 amide bonds. The van der Waals surface area contributed by atoms with E-state index in [0.29, 0.717) is 11.4 Å². The minimum atomic E-state index is -3.50. The largest absolute Gasteiger partial charge is 0.391 e. The van der Waals surface area contributed by atoms with E-state index in [4.69, 9.17) is 0 Å². The summed E-state index contributed by atoms with van der Waals surface area (Å²) in [5.41, 5.74) is 0. The minimum Gasteiger partial charge on any atom is -0.391 e. The van der Waals surface area contributed by atoms with Gasteiger partial charge in [-0.3, -0.25) is 0 Å². The SMILES string of the molecule is CCCCCN(C(C)C)S(=O)(=O)c1ccsc1CO. The zero-order chi connectivity index (χ0) is 14.5. The van der Waals surface area contributed by atoms with Gasteiger partial charge in [-0.25, -0.2) is 8.42 Å². The van der Waals surface area contributed by atoms with E-state index >= 15 is 0 Å². The molecule has 0 spiro atoms. The first-order chi connectivity index (χ1) is 8.95. The van der Waals surface area contributed by atoms with Gasteiger partial charge in [0.05, 0.1) is 11.5 Å². The first-order valence-electron chi connectivity index (χ1n) is 6.64. The van der Waals surface area contributed by atoms with Crippen molar-refractivity contribution in [1.82, 2.24) is 4.31 Å². The lowest BCUT2D eigenvalue weighted by Gasteiger charge is -2.26. The highest BCUT2D eigenvalue weighted by molar-refractivity contribution is 7.89. The van der Waals surface area contributed by atoms with E-state index in [1.165, 1.54) is 15.6 Å². The number of nitrogens with zero attached hydrogens (tertiary/aromatic N) is 1. The number of sulfonamides is 1. The summed E-state index contributed by atoms with van der Waals surface area (Å²) in [7, 11) is -3.50. The molecule has 1 aromatic rings. The van der Waals surface area contributed by atoms with Crippen LogP contribution in [-0.4, -0.2) is 30.4 Å². The molecule has 0 radical (unpaired) electrons. The molecule has 0 aliphatic rings. The smallest absolute Gasteiger partial charge is 0.244 e. The van der Waals surface area contributed by atoms with Crippen molar-refractivity contribution in [3.05, 3.63) is 16.3 Å². The monoisotopic (exact) mass is 305 g/mol. The molecule has 6 heteroatoms. The van der Waals surface area contributed by atoms with E-state index in [-0.39, 0.29) is 17.5 Å². The Morgan fingerprint density at radius 2 is 2.05 bits per heavy atom. The molecule has 110 valence electrons. The number of unbranched alkanes of at least 4 members (excludes halogenated alkanes) is 2. The van der Waals surface area contributed by atoms with Crippen molar-refractivity contribution in [2.24, 2.45) is 0 Å². The molecule has 4 nitrogen and oxygen atoms in total. The van der Waals surface area contributed by atoms with Crippen molar-refractivity contribution in [1.29, 1.82) is 0 Å². The molecule has 0 saturated heterocycles. The summed E-state index contributed by atoms with van der Waals surface area (Å²) in [5.74, 6) is 0. The second kappa shape index (κ2) is 7.38. The summed E-state index contributed by atoms with van der Waals surface area (Å²) in [6, 6.07) is 1.51. The third kappa shape index (κ3) is 4.02. The molecule has 0 bridgehead atoms. The highest BCUT2D eigenvalue weighted by atomic mass is 32.2. The Kier molecular flexibility index (Phi) is 6.46. The van der Waals surface area contributed by atoms with Crippen LogP contribution < -0.4 is 0 Å². The molecule has 0 saturated carbocycles. The Balaban J connectivity index is 3.00. The van der Waals surface area contributed by atoms with Crippen LogP contribution in [0.25, 0.3) is 0 Å². The quantitative estimate of drug-likeness (QED) is 0.751. The summed E-state index contributed by atoms with van der Waals surface area (Å²) >= 11 is 1.28. The molecule has 1 aromatic heterocycles. The summed E-state index contributed by atoms with van der Waals surface area (Å²) in [5, 5.41) is 10.9. The van der Waals surface area contributed by atoms with Gasteiger partial charge in [-0.1, -0.05) is 19.8 Å². The van der Waals surface area contributed by atoms with Gasteiger partial charge in [-0.2, -0.15) is 4.31 Å². The minimum absolute atomic E-state index is 0.0756. The Bertz CT molecular complexity index is 480. The fourth-order valence-electron chi connectivity index (χ4n) is 1.97. The molecule has 1 N–H and O–H groups in total. The Hall–Kier alpha value is -0.430. The van der Waals surface area contributed by atoms with Gasteiger partial charge >= 0.3 is 0 Å². The van der Waals surface area contributed by atoms with E-state index < -0.39 is 10.0 Å². The zero-order valence-electron chi connectivity index (χ0n) is 11.8. The van der Waals surface area contributed by atoms with Crippen LogP contribution >= 0.6 is 11.3 Å². The number of hydrogen-bond donors (Lipinski definition) is 1. The fourth-order valence-corrected chi connectivity index (χ4v) is 4.92. The van der Waals surface area contributed by atoms with Crippen LogP contribution in [0.4, 0.5) is 0 Å². The summed E-state index contributed by atoms with van der Waals surface area (Å²) in [6.07, 6.45) is 2.95. The van der Waals surface area contributed by atoms with Crippen molar-refractivity contribution >= 4 is 21.4 Å². The predicted molar refractivity (Wildman–Crippen MR) is 78.8 cm³/mol. The molecule has 0 aliphatic heterocycles. The van der Waals surface area contributed by atoms with E-state index in [1.54, 1.807) is 11.4 Å². The van der Waals surface area contributed by atoms with E-state index in [0.717, 1.165) is 19.3 Å². The second-order valence-electron chi connectivity index (χ2n) is 4.78. The topological polar surface area (TPSA) is 57.6 Å². The van der Waals surface area contributed by atoms with Crippen molar-refractivity contribution in [3.63, 3.8) is 0 Å². The number of aliphatic hydroxyl groups excluding tert-OH is 1. The lowest BCUT2D eigenvalue weighted by molar-refractivity contribution is 0.281. The second-order valence-corrected chi connectivity index (χ2v) is 7.64. The van der Waals surface area contributed by atoms with Gasteiger partial charge in [-0.05, 0) is 31.7 Å². The molecule has 0 atom stereocenters. The van der Waals surface area contributed by atoms with Crippen molar-refractivity contribution in [3.8, 4) is 0 Å². The molecule has 0 aromatic carbocycles. The Morgan fingerprint density at radius 3 is 2.58 bits per heavy atom. The van der Waals surface area contributed by atoms with Crippen molar-refractivity contribution < 1.29 is 13.5 Å². The molecule has 1 rings (SSSR count). The number of thiophene rings is 1. The van der Waals surface area contributed by atoms with Crippen LogP contribution in [0.2, 0.25) is 0 Å². The average molecular weight is 305 g/mol. The number of hydrogen-bond acceptors (Lipinski definition) is 4. The maximum Gasteiger partial charge on any atom is 0.244 e. The Labute approximate surface area is 120 Å². The Morgan fingerprint density at radius 1 is 1.37 bits per heavy atom. The summed E-state index contributed by atoms with van der Waals surface area (Å²) < 4.78 is 26.8. The third-order valence-electron chi connectivity index (χ3n) is 2.99. The molecule has 19 heavy (non-hydrogen) atoms. The molecular weight excluding hydrogens is 282 g/mol. The number of rotatable bonds is 8. The molecular formula is C13H23NO3S2. The normalized spacial score (nSPS) is 12.5. The van der Waals surface area contributed by atoms with Crippen LogP contribution in [-0.2, 0) is 16.6 Å². The van der Waals surface area contributed by atoms with Gasteiger partial charge in [0, 0.05) is 17.5 Å². The third-order valence-corrected chi connectivity index (χ3v) is 6.19. The first-order valence-corrected chi connectivity index (χ1v) is 8.96. The lowest BCUT2D eigenvalue weighted by atomic mass is 10.2. The lowest BCUT2D eigenvalue weighted by Crippen LogP contribution is -2.37. The van der Waals surface area contributed by atoms with Gasteiger partial charge in [-0.15, -0.1) is 11.3 Å². The molecule has 0 unspecified atom stereocenters. The maximum absolute atomic E-state index is 12.6. The fraction of sp³-hybridized carbons (Fsp3) is 0.692. The summed E-state index contributed by atoms with van der Waals surface area (Å²) in [4.78, 5) is 0.770. The van der Waals surface area contributed by atoms with E-state index in [1.807, 2.05) is 13.8 Å². The molecule has 0 fully saturated rings. The van der Waals surface area contributed by atoms with Crippen LogP contribution in [0.3, 0.4) is 0 Å². The van der Waals surface area contributed by atoms with E-state index in [9.17, 15) is 13.5 Å². The predicted octanol–water partition coefficient (Wildman–Crippen LogP) is 2.83. The van der Waals surface area contributed by atoms with Crippen LogP contribution in [0.1, 0.15) is 44.9 Å². The van der Waals surface area contributed by atoms with Gasteiger partial charge in [0.15, 0.2) is 0 Å². The molecule has 1 heterocycles. The van der Waals surface area contributed by atoms with Crippen LogP contribution in [0, 0.1) is 0 Å². The highest BCUT2D eigenvalue weighted by Gasteiger charge is 2.29. The average Bonchev–Trinajstić information content (AvgIpc) is 2.82. The van der Waals surface area contributed by atoms with Gasteiger partial charge in [0.1, 0.15) is 0 Å². The summed E-state index contributed by atoms with van der Waals surface area (Å²) in [6.45, 7) is 6.17. The number of aliphatic hydroxyl groups is 1. The van der Waals surface area contributed by atoms with Crippen LogP contribution in [0.5, 0.6) is 0 Å². The highest BCUT2D eigenvalue weighted by Crippen LogP contribution is 2.26. The van der Waals surface area contributed by atoms with E-state index in [2.05, 4.69) is 6.92 Å². The maximum atomic E-state index is 12.6. The van der Waals surface area contributed by atoms with Crippen molar-refractivity contribution in [2.75, 3.05) is 6.54 Å². The zero-order valence-corrected chi connectivity index (χ0v) is 13.4. The van der Waals surface area contributed by atoms with Crippen molar-refractivity contribution in [2.45, 2.75) is 57.6 Å². The van der Waals surface area contributed by atoms with Gasteiger partial charge < -0.3 is 5.11 Å². The standard InChI is InChI=1S/C13H23NO3S2/c1-4-5-6-8-14(11(2)3)19(16,17)13-7-9-18-12(13)10-15/h7,9,11,15H,4-6,8,10H2,1-3H3. The molecule has 0 aliphatic carbocycles. The van der Waals surface area contributed by atoms with Gasteiger partial charge in [0.25, 0.3) is 0 Å². The first kappa shape index (κ1) is 16.6.